The number of methoxy groups -OCH3 is 1. The average molecular weight is 477 g/mol. The summed E-state index contributed by atoms with van der Waals surface area (Å²) in [6.45, 7) is 3.24. The molecule has 0 bridgehead atoms. The lowest BCUT2D eigenvalue weighted by Gasteiger charge is -2.54. The SMILES string of the molecule is CO[C@@H]1[C@H](S)O[C@@H](CO)[C@@H](O)[C@@]1(c1cc(C)cnc1C#N)[SH]1C=NC(n2ncc(C)n2)=C1. The van der Waals surface area contributed by atoms with Crippen LogP contribution in [0.4, 0.5) is 0 Å². The molecule has 2 aliphatic rings. The average Bonchev–Trinajstić information content (AvgIpc) is 3.44. The topological polar surface area (TPSA) is 139 Å². The molecule has 32 heavy (non-hydrogen) atoms. The Bertz CT molecular complexity index is 1120. The van der Waals surface area contributed by atoms with Crippen molar-refractivity contribution in [3.8, 4) is 6.07 Å². The third-order valence-electron chi connectivity index (χ3n) is 5.61. The second kappa shape index (κ2) is 8.93. The summed E-state index contributed by atoms with van der Waals surface area (Å²) < 4.78 is 10.4. The first-order valence-electron chi connectivity index (χ1n) is 9.83. The summed E-state index contributed by atoms with van der Waals surface area (Å²) in [6, 6.07) is 3.96. The van der Waals surface area contributed by atoms with E-state index in [4.69, 9.17) is 9.47 Å². The maximum atomic E-state index is 11.6. The summed E-state index contributed by atoms with van der Waals surface area (Å²) in [5.74, 6) is 0.493. The molecule has 2 aromatic rings. The highest BCUT2D eigenvalue weighted by Gasteiger charge is 2.60. The van der Waals surface area contributed by atoms with Gasteiger partial charge in [0.1, 0.15) is 35.5 Å². The summed E-state index contributed by atoms with van der Waals surface area (Å²) in [5, 5.41) is 41.9. The minimum Gasteiger partial charge on any atom is -0.394 e. The van der Waals surface area contributed by atoms with Gasteiger partial charge in [0.25, 0.3) is 0 Å². The Morgan fingerprint density at radius 1 is 1.41 bits per heavy atom. The Morgan fingerprint density at radius 2 is 2.19 bits per heavy atom. The molecular formula is C20H24N6O4S2. The first-order valence-corrected chi connectivity index (χ1v) is 11.8. The van der Waals surface area contributed by atoms with Crippen LogP contribution >= 0.6 is 23.5 Å². The van der Waals surface area contributed by atoms with Crippen LogP contribution in [0.15, 0.2) is 28.9 Å². The quantitative estimate of drug-likeness (QED) is 0.467. The monoisotopic (exact) mass is 476 g/mol. The van der Waals surface area contributed by atoms with E-state index in [9.17, 15) is 15.5 Å². The molecule has 0 amide bonds. The number of nitrogens with zero attached hydrogens (tertiary/aromatic N) is 6. The molecule has 0 spiro atoms. The molecule has 12 heteroatoms. The van der Waals surface area contributed by atoms with Crippen molar-refractivity contribution in [3.63, 3.8) is 0 Å². The van der Waals surface area contributed by atoms with Gasteiger partial charge in [-0.1, -0.05) is 6.07 Å². The van der Waals surface area contributed by atoms with Crippen molar-refractivity contribution in [1.82, 2.24) is 20.0 Å². The Hall–Kier alpha value is -2.27. The zero-order valence-corrected chi connectivity index (χ0v) is 19.5. The smallest absolute Gasteiger partial charge is 0.179 e. The van der Waals surface area contributed by atoms with Crippen LogP contribution < -0.4 is 0 Å². The van der Waals surface area contributed by atoms with Gasteiger partial charge in [0, 0.05) is 29.8 Å². The van der Waals surface area contributed by atoms with Gasteiger partial charge in [0.2, 0.25) is 0 Å². The van der Waals surface area contributed by atoms with E-state index in [-0.39, 0.29) is 5.69 Å². The van der Waals surface area contributed by atoms with E-state index < -0.39 is 46.0 Å². The Morgan fingerprint density at radius 3 is 2.81 bits per heavy atom. The lowest BCUT2D eigenvalue weighted by molar-refractivity contribution is -0.179. The minimum absolute atomic E-state index is 0.154. The number of rotatable bonds is 5. The molecular weight excluding hydrogens is 452 g/mol. The number of pyridine rings is 1. The van der Waals surface area contributed by atoms with Gasteiger partial charge in [0.15, 0.2) is 5.82 Å². The van der Waals surface area contributed by atoms with Crippen LogP contribution in [0.25, 0.3) is 5.82 Å². The van der Waals surface area contributed by atoms with Gasteiger partial charge in [-0.2, -0.15) is 26.4 Å². The van der Waals surface area contributed by atoms with Crippen LogP contribution in [0.1, 0.15) is 22.5 Å². The fraction of sp³-hybridized carbons (Fsp3) is 0.450. The van der Waals surface area contributed by atoms with Crippen molar-refractivity contribution in [2.45, 2.75) is 42.3 Å². The Kier molecular flexibility index (Phi) is 6.39. The normalized spacial score (nSPS) is 33.2. The highest BCUT2D eigenvalue weighted by atomic mass is 32.2. The van der Waals surface area contributed by atoms with Crippen molar-refractivity contribution in [1.29, 1.82) is 5.26 Å². The molecule has 2 aromatic heterocycles. The third-order valence-corrected chi connectivity index (χ3v) is 8.49. The first kappa shape index (κ1) is 22.9. The number of thiol groups is 2. The maximum absolute atomic E-state index is 11.6. The summed E-state index contributed by atoms with van der Waals surface area (Å²) in [7, 11) is 0.0830. The van der Waals surface area contributed by atoms with Gasteiger partial charge in [-0.3, -0.25) is 0 Å². The molecule has 0 saturated carbocycles. The van der Waals surface area contributed by atoms with Crippen LogP contribution in [0.3, 0.4) is 0 Å². The van der Waals surface area contributed by atoms with Crippen molar-refractivity contribution in [2.24, 2.45) is 4.99 Å². The zero-order valence-electron chi connectivity index (χ0n) is 17.7. The zero-order chi connectivity index (χ0) is 23.0. The predicted molar refractivity (Wildman–Crippen MR) is 123 cm³/mol. The third kappa shape index (κ3) is 3.55. The van der Waals surface area contributed by atoms with E-state index in [2.05, 4.69) is 38.9 Å². The number of hydrogen-bond acceptors (Lipinski definition) is 10. The predicted octanol–water partition coefficient (Wildman–Crippen LogP) is 0.879. The summed E-state index contributed by atoms with van der Waals surface area (Å²) in [6.07, 6.45) is 0.252. The molecule has 4 rings (SSSR count). The first-order chi connectivity index (χ1) is 15.4. The molecule has 170 valence electrons. The lowest BCUT2D eigenvalue weighted by atomic mass is 9.81. The summed E-state index contributed by atoms with van der Waals surface area (Å²) in [4.78, 5) is 10.2. The molecule has 1 saturated heterocycles. The second-order valence-electron chi connectivity index (χ2n) is 7.61. The second-order valence-corrected chi connectivity index (χ2v) is 10.2. The summed E-state index contributed by atoms with van der Waals surface area (Å²) >= 11 is 4.57. The number of aliphatic hydroxyl groups is 2. The van der Waals surface area contributed by atoms with E-state index in [1.54, 1.807) is 17.9 Å². The fourth-order valence-electron chi connectivity index (χ4n) is 4.22. The molecule has 1 unspecified atom stereocenters. The van der Waals surface area contributed by atoms with Gasteiger partial charge in [0.05, 0.1) is 23.2 Å². The molecule has 2 N–H and O–H groups in total. The highest BCUT2D eigenvalue weighted by molar-refractivity contribution is 8.32. The van der Waals surface area contributed by atoms with Gasteiger partial charge in [-0.25, -0.2) is 9.98 Å². The van der Waals surface area contributed by atoms with Crippen LogP contribution in [-0.4, -0.2) is 73.2 Å². The Balaban J connectivity index is 1.98. The Labute approximate surface area is 193 Å². The number of ether oxygens (including phenoxy) is 2. The van der Waals surface area contributed by atoms with Crippen molar-refractivity contribution in [3.05, 3.63) is 46.4 Å². The molecule has 1 fully saturated rings. The molecule has 10 nitrogen and oxygen atoms in total. The molecule has 2 aliphatic heterocycles. The number of nitriles is 1. The van der Waals surface area contributed by atoms with Crippen molar-refractivity contribution in [2.75, 3.05) is 13.7 Å². The number of aliphatic imine (C=N–C) groups is 1. The molecule has 0 aliphatic carbocycles. The van der Waals surface area contributed by atoms with Crippen LogP contribution in [0, 0.1) is 25.2 Å². The molecule has 6 atom stereocenters. The van der Waals surface area contributed by atoms with E-state index in [1.807, 2.05) is 25.3 Å². The van der Waals surface area contributed by atoms with Crippen molar-refractivity contribution >= 4 is 34.9 Å². The number of aromatic nitrogens is 4. The van der Waals surface area contributed by atoms with Crippen LogP contribution in [0.2, 0.25) is 0 Å². The molecule has 0 radical (unpaired) electrons. The van der Waals surface area contributed by atoms with Crippen molar-refractivity contribution < 1.29 is 19.7 Å². The molecule has 4 heterocycles. The lowest BCUT2D eigenvalue weighted by Crippen LogP contribution is -2.64. The minimum atomic E-state index is -1.42. The van der Waals surface area contributed by atoms with Gasteiger partial charge < -0.3 is 19.7 Å². The molecule has 0 aromatic carbocycles. The van der Waals surface area contributed by atoms with Gasteiger partial charge >= 0.3 is 0 Å². The van der Waals surface area contributed by atoms with Gasteiger partial charge in [-0.05, 0) is 19.4 Å². The number of aryl methyl sites for hydroxylation is 2. The van der Waals surface area contributed by atoms with E-state index in [0.717, 1.165) is 11.3 Å². The number of hydrogen-bond donors (Lipinski definition) is 4. The van der Waals surface area contributed by atoms with Crippen LogP contribution in [0.5, 0.6) is 0 Å². The van der Waals surface area contributed by atoms with E-state index in [1.165, 1.54) is 11.9 Å². The number of aliphatic hydroxyl groups excluding tert-OH is 2. The summed E-state index contributed by atoms with van der Waals surface area (Å²) in [5.41, 5.74) is 3.14. The van der Waals surface area contributed by atoms with E-state index in [0.29, 0.717) is 11.4 Å². The van der Waals surface area contributed by atoms with E-state index >= 15 is 0 Å². The highest BCUT2D eigenvalue weighted by Crippen LogP contribution is 2.60. The largest absolute Gasteiger partial charge is 0.394 e. The standard InChI is InChI=1S/C20H24N6O4S2/c1-11-4-13(14(5-21)22-6-11)20(17(28)15(8-27)30-19(31)18(20)29-3)32-9-16(23-10-32)26-24-7-12(2)25-26/h4,6-7,9-10,15,17-19,27-28,31-32H,8H2,1-3H3/t15-,17+,18+,19-,20+/m0/s1. The maximum Gasteiger partial charge on any atom is 0.179 e. The fourth-order valence-corrected chi connectivity index (χ4v) is 7.43. The van der Waals surface area contributed by atoms with Crippen LogP contribution in [-0.2, 0) is 14.2 Å². The van der Waals surface area contributed by atoms with Gasteiger partial charge in [-0.15, -0.1) is 17.4 Å².